The molecule has 1 fully saturated rings. The molecule has 6 heteroatoms. The highest BCUT2D eigenvalue weighted by Gasteiger charge is 2.32. The topological polar surface area (TPSA) is 83.6 Å². The molecule has 1 aliphatic rings. The Morgan fingerprint density at radius 3 is 2.57 bits per heavy atom. The van der Waals surface area contributed by atoms with Crippen molar-refractivity contribution in [2.75, 3.05) is 18.9 Å². The van der Waals surface area contributed by atoms with Crippen molar-refractivity contribution in [2.45, 2.75) is 50.0 Å². The third-order valence-electron chi connectivity index (χ3n) is 4.10. The Labute approximate surface area is 126 Å². The van der Waals surface area contributed by atoms with Crippen molar-refractivity contribution >= 4 is 15.7 Å². The van der Waals surface area contributed by atoms with E-state index >= 15 is 0 Å². The molecule has 118 valence electrons. The lowest BCUT2D eigenvalue weighted by Gasteiger charge is -2.33. The summed E-state index contributed by atoms with van der Waals surface area (Å²) in [7, 11) is -3.62. The van der Waals surface area contributed by atoms with Crippen LogP contribution < -0.4 is 5.73 Å². The average Bonchev–Trinajstić information content (AvgIpc) is 2.48. The van der Waals surface area contributed by atoms with Crippen LogP contribution in [0.15, 0.2) is 23.1 Å². The van der Waals surface area contributed by atoms with Crippen molar-refractivity contribution in [3.05, 3.63) is 23.8 Å². The van der Waals surface area contributed by atoms with E-state index in [1.54, 1.807) is 19.1 Å². The molecule has 0 saturated heterocycles. The minimum atomic E-state index is -3.62. The minimum absolute atomic E-state index is 0.0169. The first-order chi connectivity index (χ1) is 9.96. The van der Waals surface area contributed by atoms with Crippen LogP contribution in [0.3, 0.4) is 0 Å². The number of hydrogen-bond donors (Lipinski definition) is 2. The molecule has 0 radical (unpaired) electrons. The number of benzene rings is 1. The maximum Gasteiger partial charge on any atom is 0.243 e. The van der Waals surface area contributed by atoms with Gasteiger partial charge < -0.3 is 10.8 Å². The number of nitrogens with zero attached hydrogens (tertiary/aromatic N) is 1. The monoisotopic (exact) mass is 312 g/mol. The van der Waals surface area contributed by atoms with Crippen LogP contribution in [0, 0.1) is 6.92 Å². The van der Waals surface area contributed by atoms with Crippen LogP contribution in [0.5, 0.6) is 0 Å². The van der Waals surface area contributed by atoms with E-state index in [9.17, 15) is 13.5 Å². The summed E-state index contributed by atoms with van der Waals surface area (Å²) in [5, 5.41) is 9.27. The van der Waals surface area contributed by atoms with Crippen LogP contribution in [-0.2, 0) is 10.0 Å². The van der Waals surface area contributed by atoms with Crippen molar-refractivity contribution in [2.24, 2.45) is 0 Å². The largest absolute Gasteiger partial charge is 0.399 e. The van der Waals surface area contributed by atoms with Crippen LogP contribution >= 0.6 is 0 Å². The molecule has 0 aliphatic heterocycles. The molecule has 3 N–H and O–H groups in total. The number of hydrogen-bond acceptors (Lipinski definition) is 4. The van der Waals surface area contributed by atoms with Gasteiger partial charge in [-0.3, -0.25) is 0 Å². The van der Waals surface area contributed by atoms with Crippen molar-refractivity contribution in [3.8, 4) is 0 Å². The highest BCUT2D eigenvalue weighted by Crippen LogP contribution is 2.29. The van der Waals surface area contributed by atoms with Gasteiger partial charge in [0, 0.05) is 18.3 Å². The molecule has 1 aliphatic carbocycles. The Hall–Kier alpha value is -1.11. The molecule has 5 nitrogen and oxygen atoms in total. The number of aryl methyl sites for hydroxylation is 1. The summed E-state index contributed by atoms with van der Waals surface area (Å²) in [4.78, 5) is 0.251. The average molecular weight is 312 g/mol. The van der Waals surface area contributed by atoms with Gasteiger partial charge in [-0.1, -0.05) is 25.3 Å². The fraction of sp³-hybridized carbons (Fsp3) is 0.600. The highest BCUT2D eigenvalue weighted by atomic mass is 32.2. The van der Waals surface area contributed by atoms with Gasteiger partial charge in [0.1, 0.15) is 0 Å². The second-order valence-electron chi connectivity index (χ2n) is 5.66. The SMILES string of the molecule is Cc1ccc(N)cc1S(=O)(=O)N(CCO)C1CCCCC1. The number of sulfonamides is 1. The second-order valence-corrected chi connectivity index (χ2v) is 7.52. The molecule has 0 atom stereocenters. The number of aliphatic hydroxyl groups is 1. The summed E-state index contributed by atoms with van der Waals surface area (Å²) in [6.45, 7) is 1.74. The first-order valence-electron chi connectivity index (χ1n) is 7.45. The summed E-state index contributed by atoms with van der Waals surface area (Å²) in [6, 6.07) is 4.92. The second kappa shape index (κ2) is 6.77. The van der Waals surface area contributed by atoms with Crippen molar-refractivity contribution in [3.63, 3.8) is 0 Å². The maximum absolute atomic E-state index is 13.0. The van der Waals surface area contributed by atoms with E-state index in [1.807, 2.05) is 0 Å². The quantitative estimate of drug-likeness (QED) is 0.813. The zero-order valence-electron chi connectivity index (χ0n) is 12.5. The Balaban J connectivity index is 2.39. The van der Waals surface area contributed by atoms with E-state index < -0.39 is 10.0 Å². The van der Waals surface area contributed by atoms with Crippen LogP contribution in [0.4, 0.5) is 5.69 Å². The van der Waals surface area contributed by atoms with Gasteiger partial charge in [-0.05, 0) is 37.5 Å². The molecule has 21 heavy (non-hydrogen) atoms. The van der Waals surface area contributed by atoms with Gasteiger partial charge in [-0.2, -0.15) is 4.31 Å². The van der Waals surface area contributed by atoms with Crippen LogP contribution in [0.2, 0.25) is 0 Å². The van der Waals surface area contributed by atoms with E-state index in [2.05, 4.69) is 0 Å². The smallest absolute Gasteiger partial charge is 0.243 e. The molecule has 0 unspecified atom stereocenters. The van der Waals surface area contributed by atoms with Crippen LogP contribution in [-0.4, -0.2) is 37.0 Å². The molecule has 0 bridgehead atoms. The zero-order chi connectivity index (χ0) is 15.5. The van der Waals surface area contributed by atoms with Crippen molar-refractivity contribution in [1.29, 1.82) is 0 Å². The van der Waals surface area contributed by atoms with E-state index in [4.69, 9.17) is 5.73 Å². The number of aliphatic hydroxyl groups excluding tert-OH is 1. The van der Waals surface area contributed by atoms with Gasteiger partial charge in [0.2, 0.25) is 10.0 Å². The summed E-state index contributed by atoms with van der Waals surface area (Å²) in [6.07, 6.45) is 4.96. The number of nitrogens with two attached hydrogens (primary N) is 1. The molecule has 0 spiro atoms. The van der Waals surface area contributed by atoms with Gasteiger partial charge in [-0.25, -0.2) is 8.42 Å². The molecule has 2 rings (SSSR count). The Morgan fingerprint density at radius 1 is 1.29 bits per heavy atom. The lowest BCUT2D eigenvalue weighted by Crippen LogP contribution is -2.43. The maximum atomic E-state index is 13.0. The fourth-order valence-electron chi connectivity index (χ4n) is 2.99. The predicted octanol–water partition coefficient (Wildman–Crippen LogP) is 1.89. The van der Waals surface area contributed by atoms with Gasteiger partial charge in [0.15, 0.2) is 0 Å². The van der Waals surface area contributed by atoms with Crippen molar-refractivity contribution in [1.82, 2.24) is 4.31 Å². The fourth-order valence-corrected chi connectivity index (χ4v) is 4.93. The molecule has 1 aromatic rings. The van der Waals surface area contributed by atoms with Crippen molar-refractivity contribution < 1.29 is 13.5 Å². The molecular weight excluding hydrogens is 288 g/mol. The molecule has 0 heterocycles. The lowest BCUT2D eigenvalue weighted by molar-refractivity contribution is 0.199. The standard InChI is InChI=1S/C15H24N2O3S/c1-12-7-8-13(16)11-15(12)21(19,20)17(9-10-18)14-5-3-2-4-6-14/h7-8,11,14,18H,2-6,9-10,16H2,1H3. The van der Waals surface area contributed by atoms with Gasteiger partial charge in [-0.15, -0.1) is 0 Å². The molecule has 1 aromatic carbocycles. The van der Waals surface area contributed by atoms with Gasteiger partial charge >= 0.3 is 0 Å². The van der Waals surface area contributed by atoms with Gasteiger partial charge in [0.25, 0.3) is 0 Å². The lowest BCUT2D eigenvalue weighted by atomic mass is 9.95. The number of rotatable bonds is 5. The van der Waals surface area contributed by atoms with Crippen LogP contribution in [0.25, 0.3) is 0 Å². The van der Waals surface area contributed by atoms with E-state index in [-0.39, 0.29) is 24.1 Å². The molecular formula is C15H24N2O3S. The van der Waals surface area contributed by atoms with Crippen LogP contribution in [0.1, 0.15) is 37.7 Å². The van der Waals surface area contributed by atoms with E-state index in [1.165, 1.54) is 10.4 Å². The molecule has 1 saturated carbocycles. The first-order valence-corrected chi connectivity index (χ1v) is 8.89. The summed E-state index contributed by atoms with van der Waals surface area (Å²) in [5.74, 6) is 0. The summed E-state index contributed by atoms with van der Waals surface area (Å²) >= 11 is 0. The first kappa shape index (κ1) is 16.3. The Morgan fingerprint density at radius 2 is 1.95 bits per heavy atom. The normalized spacial score (nSPS) is 17.3. The Bertz CT molecular complexity index is 581. The number of anilines is 1. The van der Waals surface area contributed by atoms with Gasteiger partial charge in [0.05, 0.1) is 11.5 Å². The summed E-state index contributed by atoms with van der Waals surface area (Å²) < 4.78 is 27.4. The molecule has 0 aromatic heterocycles. The van der Waals surface area contributed by atoms with E-state index in [0.29, 0.717) is 11.3 Å². The Kier molecular flexibility index (Phi) is 5.24. The third kappa shape index (κ3) is 3.56. The molecule has 0 amide bonds. The third-order valence-corrected chi connectivity index (χ3v) is 6.20. The highest BCUT2D eigenvalue weighted by molar-refractivity contribution is 7.89. The van der Waals surface area contributed by atoms with E-state index in [0.717, 1.165) is 32.1 Å². The zero-order valence-corrected chi connectivity index (χ0v) is 13.3. The minimum Gasteiger partial charge on any atom is -0.399 e. The predicted molar refractivity (Wildman–Crippen MR) is 83.4 cm³/mol. The summed E-state index contributed by atoms with van der Waals surface area (Å²) in [5.41, 5.74) is 6.86. The number of nitrogen functional groups attached to an aromatic ring is 1.